The van der Waals surface area contributed by atoms with E-state index < -0.39 is 0 Å². The van der Waals surface area contributed by atoms with Gasteiger partial charge in [-0.2, -0.15) is 0 Å². The van der Waals surface area contributed by atoms with Gasteiger partial charge >= 0.3 is 0 Å². The van der Waals surface area contributed by atoms with Crippen LogP contribution >= 0.6 is 11.3 Å². The fourth-order valence-electron chi connectivity index (χ4n) is 1.58. The van der Waals surface area contributed by atoms with Gasteiger partial charge in [0.25, 0.3) is 0 Å². The molecule has 1 heterocycles. The fraction of sp³-hybridized carbons (Fsp3) is 0.615. The first kappa shape index (κ1) is 14.4. The van der Waals surface area contributed by atoms with Crippen LogP contribution in [0.4, 0.5) is 0 Å². The van der Waals surface area contributed by atoms with E-state index in [1.807, 2.05) is 19.1 Å². The Morgan fingerprint density at radius 2 is 2.18 bits per heavy atom. The van der Waals surface area contributed by atoms with Gasteiger partial charge in [0.2, 0.25) is 0 Å². The Morgan fingerprint density at radius 1 is 1.47 bits per heavy atom. The molecule has 96 valence electrons. The third kappa shape index (κ3) is 4.58. The van der Waals surface area contributed by atoms with Crippen molar-refractivity contribution in [2.24, 2.45) is 0 Å². The maximum Gasteiger partial charge on any atom is 0.186 e. The highest BCUT2D eigenvalue weighted by molar-refractivity contribution is 7.14. The summed E-state index contributed by atoms with van der Waals surface area (Å²) in [6.45, 7) is 8.15. The smallest absolute Gasteiger partial charge is 0.186 e. The van der Waals surface area contributed by atoms with Gasteiger partial charge in [-0.15, -0.1) is 11.3 Å². The zero-order chi connectivity index (χ0) is 12.8. The summed E-state index contributed by atoms with van der Waals surface area (Å²) < 4.78 is 5.06. The van der Waals surface area contributed by atoms with Crippen LogP contribution in [0.5, 0.6) is 0 Å². The Kier molecular flexibility index (Phi) is 5.82. The standard InChI is InChI=1S/C13H21NO2S/c1-10(2)14(7-8-16-4)9-12(15)13-6-5-11(3)17-13/h5-6,10H,7-9H2,1-4H3. The van der Waals surface area contributed by atoms with Crippen LogP contribution in [0.25, 0.3) is 0 Å². The fourth-order valence-corrected chi connectivity index (χ4v) is 2.37. The molecule has 0 aliphatic heterocycles. The number of hydrogen-bond donors (Lipinski definition) is 0. The number of Topliss-reactive ketones (excluding diaryl/α,β-unsaturated/α-hetero) is 1. The minimum absolute atomic E-state index is 0.202. The second kappa shape index (κ2) is 6.89. The highest BCUT2D eigenvalue weighted by Gasteiger charge is 2.16. The molecular formula is C13H21NO2S. The van der Waals surface area contributed by atoms with Crippen LogP contribution in [0, 0.1) is 6.92 Å². The summed E-state index contributed by atoms with van der Waals surface area (Å²) in [6.07, 6.45) is 0. The lowest BCUT2D eigenvalue weighted by Crippen LogP contribution is -2.37. The molecule has 0 bridgehead atoms. The number of methoxy groups -OCH3 is 1. The molecule has 0 saturated heterocycles. The Hall–Kier alpha value is -0.710. The number of thiophene rings is 1. The van der Waals surface area contributed by atoms with Gasteiger partial charge in [0.05, 0.1) is 18.0 Å². The largest absolute Gasteiger partial charge is 0.383 e. The molecular weight excluding hydrogens is 234 g/mol. The lowest BCUT2D eigenvalue weighted by molar-refractivity contribution is 0.0855. The monoisotopic (exact) mass is 255 g/mol. The van der Waals surface area contributed by atoms with E-state index in [9.17, 15) is 4.79 Å². The van der Waals surface area contributed by atoms with Gasteiger partial charge in [0, 0.05) is 24.6 Å². The number of hydrogen-bond acceptors (Lipinski definition) is 4. The molecule has 0 saturated carbocycles. The van der Waals surface area contributed by atoms with Gasteiger partial charge in [-0.25, -0.2) is 0 Å². The third-order valence-electron chi connectivity index (χ3n) is 2.67. The van der Waals surface area contributed by atoms with E-state index in [0.29, 0.717) is 19.2 Å². The van der Waals surface area contributed by atoms with Crippen molar-refractivity contribution in [1.82, 2.24) is 4.90 Å². The average Bonchev–Trinajstić information content (AvgIpc) is 2.70. The molecule has 3 nitrogen and oxygen atoms in total. The SMILES string of the molecule is COCCN(CC(=O)c1ccc(C)s1)C(C)C. The van der Waals surface area contributed by atoms with Crippen molar-refractivity contribution in [3.8, 4) is 0 Å². The molecule has 0 aliphatic carbocycles. The molecule has 0 unspecified atom stereocenters. The van der Waals surface area contributed by atoms with E-state index in [1.165, 1.54) is 4.88 Å². The van der Waals surface area contributed by atoms with Crippen LogP contribution in [-0.4, -0.2) is 43.5 Å². The maximum atomic E-state index is 12.1. The highest BCUT2D eigenvalue weighted by atomic mass is 32.1. The summed E-state index contributed by atoms with van der Waals surface area (Å²) >= 11 is 1.57. The third-order valence-corrected chi connectivity index (χ3v) is 3.72. The molecule has 0 aromatic carbocycles. The minimum Gasteiger partial charge on any atom is -0.383 e. The summed E-state index contributed by atoms with van der Waals surface area (Å²) in [4.78, 5) is 16.2. The number of rotatable bonds is 7. The van der Waals surface area contributed by atoms with E-state index >= 15 is 0 Å². The molecule has 0 fully saturated rings. The van der Waals surface area contributed by atoms with Crippen LogP contribution in [-0.2, 0) is 4.74 Å². The number of carbonyl (C=O) groups is 1. The van der Waals surface area contributed by atoms with E-state index in [2.05, 4.69) is 18.7 Å². The van der Waals surface area contributed by atoms with Crippen molar-refractivity contribution in [2.75, 3.05) is 26.8 Å². The molecule has 0 atom stereocenters. The minimum atomic E-state index is 0.202. The predicted octanol–water partition coefficient (Wildman–Crippen LogP) is 2.60. The quantitative estimate of drug-likeness (QED) is 0.701. The topological polar surface area (TPSA) is 29.5 Å². The predicted molar refractivity (Wildman–Crippen MR) is 72.0 cm³/mol. The second-order valence-corrected chi connectivity index (χ2v) is 5.68. The molecule has 1 aromatic rings. The van der Waals surface area contributed by atoms with E-state index in [-0.39, 0.29) is 5.78 Å². The maximum absolute atomic E-state index is 12.1. The average molecular weight is 255 g/mol. The molecule has 1 rings (SSSR count). The molecule has 0 N–H and O–H groups in total. The van der Waals surface area contributed by atoms with Crippen LogP contribution in [0.15, 0.2) is 12.1 Å². The van der Waals surface area contributed by atoms with E-state index in [1.54, 1.807) is 18.4 Å². The number of ketones is 1. The Labute approximate surface area is 107 Å². The number of ether oxygens (including phenoxy) is 1. The normalized spacial score (nSPS) is 11.4. The molecule has 4 heteroatoms. The van der Waals surface area contributed by atoms with Gasteiger partial charge in [-0.05, 0) is 32.9 Å². The first-order valence-electron chi connectivity index (χ1n) is 5.87. The molecule has 1 aromatic heterocycles. The summed E-state index contributed by atoms with van der Waals surface area (Å²) in [5.74, 6) is 0.202. The first-order chi connectivity index (χ1) is 8.04. The van der Waals surface area contributed by atoms with Crippen molar-refractivity contribution in [2.45, 2.75) is 26.8 Å². The second-order valence-electron chi connectivity index (χ2n) is 4.39. The molecule has 0 aliphatic rings. The highest BCUT2D eigenvalue weighted by Crippen LogP contribution is 2.16. The van der Waals surface area contributed by atoms with Gasteiger partial charge < -0.3 is 4.74 Å². The first-order valence-corrected chi connectivity index (χ1v) is 6.69. The van der Waals surface area contributed by atoms with Gasteiger partial charge in [-0.3, -0.25) is 9.69 Å². The summed E-state index contributed by atoms with van der Waals surface area (Å²) in [5.41, 5.74) is 0. The molecule has 0 amide bonds. The zero-order valence-corrected chi connectivity index (χ0v) is 11.8. The lowest BCUT2D eigenvalue weighted by atomic mass is 10.2. The number of aryl methyl sites for hydroxylation is 1. The molecule has 0 spiro atoms. The summed E-state index contributed by atoms with van der Waals surface area (Å²) in [7, 11) is 1.68. The zero-order valence-electron chi connectivity index (χ0n) is 11.0. The van der Waals surface area contributed by atoms with Crippen molar-refractivity contribution < 1.29 is 9.53 Å². The van der Waals surface area contributed by atoms with Crippen molar-refractivity contribution in [1.29, 1.82) is 0 Å². The van der Waals surface area contributed by atoms with Crippen LogP contribution < -0.4 is 0 Å². The van der Waals surface area contributed by atoms with Crippen molar-refractivity contribution in [3.05, 3.63) is 21.9 Å². The summed E-state index contributed by atoms with van der Waals surface area (Å²) in [6, 6.07) is 4.26. The van der Waals surface area contributed by atoms with Crippen LogP contribution in [0.1, 0.15) is 28.4 Å². The molecule has 17 heavy (non-hydrogen) atoms. The van der Waals surface area contributed by atoms with Crippen LogP contribution in [0.3, 0.4) is 0 Å². The van der Waals surface area contributed by atoms with Crippen LogP contribution in [0.2, 0.25) is 0 Å². The van der Waals surface area contributed by atoms with E-state index in [4.69, 9.17) is 4.74 Å². The lowest BCUT2D eigenvalue weighted by Gasteiger charge is -2.24. The number of carbonyl (C=O) groups excluding carboxylic acids is 1. The summed E-state index contributed by atoms with van der Waals surface area (Å²) in [5, 5.41) is 0. The molecule has 0 radical (unpaired) electrons. The van der Waals surface area contributed by atoms with Crippen molar-refractivity contribution in [3.63, 3.8) is 0 Å². The van der Waals surface area contributed by atoms with Crippen molar-refractivity contribution >= 4 is 17.1 Å². The Balaban J connectivity index is 2.57. The van der Waals surface area contributed by atoms with Gasteiger partial charge in [0.15, 0.2) is 5.78 Å². The van der Waals surface area contributed by atoms with Gasteiger partial charge in [-0.1, -0.05) is 0 Å². The Bertz CT molecular complexity index is 360. The Morgan fingerprint density at radius 3 is 2.65 bits per heavy atom. The van der Waals surface area contributed by atoms with E-state index in [0.717, 1.165) is 11.4 Å². The van der Waals surface area contributed by atoms with Gasteiger partial charge in [0.1, 0.15) is 0 Å². The number of nitrogens with zero attached hydrogens (tertiary/aromatic N) is 1.